The van der Waals surface area contributed by atoms with Crippen molar-refractivity contribution in [3.63, 3.8) is 0 Å². The first kappa shape index (κ1) is 15.5. The summed E-state index contributed by atoms with van der Waals surface area (Å²) in [7, 11) is 0. The maximum absolute atomic E-state index is 13.1. The van der Waals surface area contributed by atoms with Gasteiger partial charge in [-0.1, -0.05) is 19.1 Å². The first-order chi connectivity index (χ1) is 8.81. The molecule has 0 atom stereocenters. The van der Waals surface area contributed by atoms with Crippen LogP contribution in [0.1, 0.15) is 39.7 Å². The van der Waals surface area contributed by atoms with Crippen LogP contribution in [0.2, 0.25) is 0 Å². The number of amides is 1. The first-order valence-corrected chi connectivity index (χ1v) is 6.54. The smallest absolute Gasteiger partial charge is 0.410 e. The van der Waals surface area contributed by atoms with Crippen molar-refractivity contribution in [2.24, 2.45) is 0 Å². The first-order valence-electron chi connectivity index (χ1n) is 6.54. The number of ether oxygens (including phenoxy) is 1. The normalized spacial score (nSPS) is 11.2. The highest BCUT2D eigenvalue weighted by molar-refractivity contribution is 5.68. The summed E-state index contributed by atoms with van der Waals surface area (Å²) in [6, 6.07) is 6.27. The topological polar surface area (TPSA) is 29.5 Å². The van der Waals surface area contributed by atoms with Crippen LogP contribution < -0.4 is 0 Å². The Bertz CT molecular complexity index is 426. The van der Waals surface area contributed by atoms with Crippen LogP contribution in [0.3, 0.4) is 0 Å². The predicted octanol–water partition coefficient (Wildman–Crippen LogP) is 3.97. The zero-order valence-electron chi connectivity index (χ0n) is 12.1. The molecule has 0 unspecified atom stereocenters. The fourth-order valence-corrected chi connectivity index (χ4v) is 1.69. The number of carbonyl (C=O) groups is 1. The third kappa shape index (κ3) is 5.73. The molecule has 106 valence electrons. The second kappa shape index (κ2) is 6.55. The molecule has 19 heavy (non-hydrogen) atoms. The van der Waals surface area contributed by atoms with Crippen LogP contribution in [-0.4, -0.2) is 23.1 Å². The van der Waals surface area contributed by atoms with E-state index in [9.17, 15) is 9.18 Å². The van der Waals surface area contributed by atoms with Gasteiger partial charge < -0.3 is 9.64 Å². The monoisotopic (exact) mass is 267 g/mol. The van der Waals surface area contributed by atoms with Gasteiger partial charge in [0.15, 0.2) is 0 Å². The molecule has 4 heteroatoms. The Hall–Kier alpha value is -1.58. The highest BCUT2D eigenvalue weighted by atomic mass is 19.1. The van der Waals surface area contributed by atoms with Crippen molar-refractivity contribution in [2.75, 3.05) is 6.54 Å². The Morgan fingerprint density at radius 3 is 2.58 bits per heavy atom. The summed E-state index contributed by atoms with van der Waals surface area (Å²) in [4.78, 5) is 13.6. The molecule has 0 bridgehead atoms. The summed E-state index contributed by atoms with van der Waals surface area (Å²) in [6.45, 7) is 8.43. The van der Waals surface area contributed by atoms with E-state index < -0.39 is 5.60 Å². The van der Waals surface area contributed by atoms with E-state index in [1.165, 1.54) is 12.1 Å². The second-order valence-electron chi connectivity index (χ2n) is 5.53. The highest BCUT2D eigenvalue weighted by Crippen LogP contribution is 2.13. The molecular formula is C15H22FNO2. The fraction of sp³-hybridized carbons (Fsp3) is 0.533. The Balaban J connectivity index is 2.75. The number of benzene rings is 1. The van der Waals surface area contributed by atoms with E-state index in [2.05, 4.69) is 0 Å². The molecule has 0 saturated carbocycles. The summed E-state index contributed by atoms with van der Waals surface area (Å²) in [5.41, 5.74) is 0.240. The molecule has 3 nitrogen and oxygen atoms in total. The van der Waals surface area contributed by atoms with Crippen LogP contribution in [-0.2, 0) is 11.3 Å². The Morgan fingerprint density at radius 2 is 2.05 bits per heavy atom. The molecule has 0 aliphatic heterocycles. The molecule has 0 aliphatic rings. The van der Waals surface area contributed by atoms with Gasteiger partial charge in [-0.05, 0) is 44.9 Å². The van der Waals surface area contributed by atoms with Gasteiger partial charge in [0.1, 0.15) is 11.4 Å². The Kier molecular flexibility index (Phi) is 5.33. The van der Waals surface area contributed by atoms with Crippen LogP contribution >= 0.6 is 0 Å². The molecule has 1 rings (SSSR count). The van der Waals surface area contributed by atoms with Gasteiger partial charge in [-0.2, -0.15) is 0 Å². The van der Waals surface area contributed by atoms with E-state index >= 15 is 0 Å². The van der Waals surface area contributed by atoms with Gasteiger partial charge in [-0.3, -0.25) is 0 Å². The quantitative estimate of drug-likeness (QED) is 0.826. The van der Waals surface area contributed by atoms with E-state index in [4.69, 9.17) is 4.74 Å². The summed E-state index contributed by atoms with van der Waals surface area (Å²) >= 11 is 0. The van der Waals surface area contributed by atoms with Crippen molar-refractivity contribution in [1.82, 2.24) is 4.90 Å². The van der Waals surface area contributed by atoms with Crippen molar-refractivity contribution < 1.29 is 13.9 Å². The van der Waals surface area contributed by atoms with Gasteiger partial charge in [-0.25, -0.2) is 9.18 Å². The van der Waals surface area contributed by atoms with E-state index in [0.717, 1.165) is 12.0 Å². The zero-order chi connectivity index (χ0) is 14.5. The van der Waals surface area contributed by atoms with Crippen LogP contribution in [0.25, 0.3) is 0 Å². The third-order valence-corrected chi connectivity index (χ3v) is 2.41. The fourth-order valence-electron chi connectivity index (χ4n) is 1.69. The number of nitrogens with zero attached hydrogens (tertiary/aromatic N) is 1. The SMILES string of the molecule is CCCN(Cc1cccc(F)c1)C(=O)OC(C)(C)C. The predicted molar refractivity (Wildman–Crippen MR) is 73.3 cm³/mol. The van der Waals surface area contributed by atoms with Crippen molar-refractivity contribution >= 4 is 6.09 Å². The standard InChI is InChI=1S/C15H22FNO2/c1-5-9-17(14(18)19-15(2,3)4)11-12-7-6-8-13(16)10-12/h6-8,10H,5,9,11H2,1-4H3. The molecular weight excluding hydrogens is 245 g/mol. The molecule has 0 saturated heterocycles. The lowest BCUT2D eigenvalue weighted by Gasteiger charge is -2.27. The summed E-state index contributed by atoms with van der Waals surface area (Å²) < 4.78 is 18.5. The van der Waals surface area contributed by atoms with E-state index in [1.807, 2.05) is 27.7 Å². The highest BCUT2D eigenvalue weighted by Gasteiger charge is 2.21. The van der Waals surface area contributed by atoms with E-state index in [1.54, 1.807) is 17.0 Å². The summed E-state index contributed by atoms with van der Waals surface area (Å²) in [5, 5.41) is 0. The molecule has 0 N–H and O–H groups in total. The molecule has 1 aromatic rings. The summed E-state index contributed by atoms with van der Waals surface area (Å²) in [6.07, 6.45) is 0.466. The average Bonchev–Trinajstić information content (AvgIpc) is 2.26. The van der Waals surface area contributed by atoms with Gasteiger partial charge in [0.05, 0.1) is 0 Å². The lowest BCUT2D eigenvalue weighted by atomic mass is 10.2. The van der Waals surface area contributed by atoms with Crippen LogP contribution in [0.15, 0.2) is 24.3 Å². The third-order valence-electron chi connectivity index (χ3n) is 2.41. The van der Waals surface area contributed by atoms with Gasteiger partial charge in [0.25, 0.3) is 0 Å². The van der Waals surface area contributed by atoms with Crippen LogP contribution in [0.4, 0.5) is 9.18 Å². The molecule has 0 spiro atoms. The largest absolute Gasteiger partial charge is 0.444 e. The van der Waals surface area contributed by atoms with Crippen molar-refractivity contribution in [2.45, 2.75) is 46.3 Å². The Morgan fingerprint density at radius 1 is 1.37 bits per heavy atom. The zero-order valence-corrected chi connectivity index (χ0v) is 12.1. The van der Waals surface area contributed by atoms with Gasteiger partial charge in [0.2, 0.25) is 0 Å². The van der Waals surface area contributed by atoms with Crippen molar-refractivity contribution in [3.05, 3.63) is 35.6 Å². The molecule has 1 amide bonds. The molecule has 0 heterocycles. The molecule has 0 aromatic heterocycles. The lowest BCUT2D eigenvalue weighted by molar-refractivity contribution is 0.0233. The Labute approximate surface area is 114 Å². The maximum Gasteiger partial charge on any atom is 0.410 e. The minimum Gasteiger partial charge on any atom is -0.444 e. The molecule has 0 radical (unpaired) electrons. The summed E-state index contributed by atoms with van der Waals surface area (Å²) in [5.74, 6) is -0.293. The second-order valence-corrected chi connectivity index (χ2v) is 5.53. The van der Waals surface area contributed by atoms with Gasteiger partial charge in [0, 0.05) is 13.1 Å². The minimum absolute atomic E-state index is 0.293. The van der Waals surface area contributed by atoms with E-state index in [0.29, 0.717) is 13.1 Å². The molecule has 1 aromatic carbocycles. The van der Waals surface area contributed by atoms with Crippen LogP contribution in [0.5, 0.6) is 0 Å². The molecule has 0 fully saturated rings. The average molecular weight is 267 g/mol. The molecule has 0 aliphatic carbocycles. The van der Waals surface area contributed by atoms with Gasteiger partial charge >= 0.3 is 6.09 Å². The number of hydrogen-bond acceptors (Lipinski definition) is 2. The van der Waals surface area contributed by atoms with E-state index in [-0.39, 0.29) is 11.9 Å². The van der Waals surface area contributed by atoms with Crippen molar-refractivity contribution in [1.29, 1.82) is 0 Å². The van der Waals surface area contributed by atoms with Gasteiger partial charge in [-0.15, -0.1) is 0 Å². The number of carbonyl (C=O) groups excluding carboxylic acids is 1. The number of hydrogen-bond donors (Lipinski definition) is 0. The minimum atomic E-state index is -0.523. The number of rotatable bonds is 4. The lowest BCUT2D eigenvalue weighted by Crippen LogP contribution is -2.36. The van der Waals surface area contributed by atoms with Crippen LogP contribution in [0, 0.1) is 5.82 Å². The number of halogens is 1. The maximum atomic E-state index is 13.1. The van der Waals surface area contributed by atoms with Crippen molar-refractivity contribution in [3.8, 4) is 0 Å².